The minimum absolute atomic E-state index is 0.121. The number of unbranched alkanes of at least 4 members (excludes halogenated alkanes) is 4. The Balaban J connectivity index is 3.59. The summed E-state index contributed by atoms with van der Waals surface area (Å²) in [6, 6.07) is 0. The second-order valence-electron chi connectivity index (χ2n) is 4.78. The minimum Gasteiger partial charge on any atom is -0.401 e. The quantitative estimate of drug-likeness (QED) is 0.195. The van der Waals surface area contributed by atoms with Crippen molar-refractivity contribution in [3.8, 4) is 0 Å². The Morgan fingerprint density at radius 1 is 1.16 bits per heavy atom. The highest BCUT2D eigenvalue weighted by molar-refractivity contribution is 5.74. The maximum absolute atomic E-state index is 10.9. The van der Waals surface area contributed by atoms with Gasteiger partial charge in [-0.1, -0.05) is 26.2 Å². The Kier molecular flexibility index (Phi) is 11.0. The van der Waals surface area contributed by atoms with Crippen LogP contribution in [0.15, 0.2) is 11.9 Å². The van der Waals surface area contributed by atoms with E-state index >= 15 is 0 Å². The monoisotopic (exact) mass is 271 g/mol. The van der Waals surface area contributed by atoms with E-state index in [0.717, 1.165) is 44.3 Å². The zero-order valence-electron chi connectivity index (χ0n) is 12.0. The summed E-state index contributed by atoms with van der Waals surface area (Å²) in [7, 11) is 0. The highest BCUT2D eigenvalue weighted by Crippen LogP contribution is 2.05. The van der Waals surface area contributed by atoms with E-state index in [0.29, 0.717) is 6.42 Å². The summed E-state index contributed by atoms with van der Waals surface area (Å²) in [5.74, 6) is 10.7. The molecule has 0 aromatic rings. The smallest absolute Gasteiger partial charge is 0.233 e. The molecule has 0 aliphatic carbocycles. The molecular formula is C13H29N5O. The van der Waals surface area contributed by atoms with Crippen LogP contribution in [0.1, 0.15) is 58.3 Å². The topological polar surface area (TPSA) is 110 Å². The SMILES string of the molecule is CCCCC/C(N)=C/N(N)CCCCCC(=O)NN. The van der Waals surface area contributed by atoms with Gasteiger partial charge in [0.2, 0.25) is 5.91 Å². The van der Waals surface area contributed by atoms with Gasteiger partial charge in [0.25, 0.3) is 0 Å². The van der Waals surface area contributed by atoms with Crippen molar-refractivity contribution in [3.05, 3.63) is 11.9 Å². The van der Waals surface area contributed by atoms with Gasteiger partial charge in [-0.2, -0.15) is 0 Å². The lowest BCUT2D eigenvalue weighted by Crippen LogP contribution is -2.30. The number of rotatable bonds is 11. The molecule has 0 saturated heterocycles. The second kappa shape index (κ2) is 11.8. The highest BCUT2D eigenvalue weighted by atomic mass is 16.2. The van der Waals surface area contributed by atoms with Gasteiger partial charge in [-0.25, -0.2) is 11.7 Å². The third-order valence-corrected chi connectivity index (χ3v) is 2.88. The third-order valence-electron chi connectivity index (χ3n) is 2.88. The van der Waals surface area contributed by atoms with E-state index in [-0.39, 0.29) is 5.91 Å². The Morgan fingerprint density at radius 3 is 2.47 bits per heavy atom. The average Bonchev–Trinajstić information content (AvgIpc) is 2.38. The van der Waals surface area contributed by atoms with Crippen LogP contribution in [0.4, 0.5) is 0 Å². The number of hydrogen-bond acceptors (Lipinski definition) is 5. The van der Waals surface area contributed by atoms with E-state index in [9.17, 15) is 4.79 Å². The summed E-state index contributed by atoms with van der Waals surface area (Å²) in [6.45, 7) is 2.92. The molecule has 19 heavy (non-hydrogen) atoms. The maximum Gasteiger partial charge on any atom is 0.233 e. The minimum atomic E-state index is -0.121. The zero-order valence-corrected chi connectivity index (χ0v) is 12.0. The predicted molar refractivity (Wildman–Crippen MR) is 78.1 cm³/mol. The molecule has 112 valence electrons. The number of nitrogens with two attached hydrogens (primary N) is 3. The van der Waals surface area contributed by atoms with Gasteiger partial charge in [0.15, 0.2) is 0 Å². The molecule has 0 saturated carbocycles. The first-order valence-electron chi connectivity index (χ1n) is 7.07. The normalized spacial score (nSPS) is 11.4. The zero-order chi connectivity index (χ0) is 14.5. The third kappa shape index (κ3) is 11.5. The summed E-state index contributed by atoms with van der Waals surface area (Å²) in [5.41, 5.74) is 8.82. The van der Waals surface area contributed by atoms with Crippen LogP contribution in [0.3, 0.4) is 0 Å². The van der Waals surface area contributed by atoms with Crippen LogP contribution in [0.2, 0.25) is 0 Å². The fourth-order valence-corrected chi connectivity index (χ4v) is 1.75. The van der Waals surface area contributed by atoms with Crippen molar-refractivity contribution >= 4 is 5.91 Å². The van der Waals surface area contributed by atoms with Crippen LogP contribution in [0, 0.1) is 0 Å². The molecule has 6 nitrogen and oxygen atoms in total. The summed E-state index contributed by atoms with van der Waals surface area (Å²) in [4.78, 5) is 10.9. The van der Waals surface area contributed by atoms with Crippen molar-refractivity contribution in [2.75, 3.05) is 6.54 Å². The Hall–Kier alpha value is -1.27. The lowest BCUT2D eigenvalue weighted by atomic mass is 10.1. The number of hydrazine groups is 2. The summed E-state index contributed by atoms with van der Waals surface area (Å²) >= 11 is 0. The number of allylic oxidation sites excluding steroid dienone is 1. The number of amides is 1. The number of nitrogens with zero attached hydrogens (tertiary/aromatic N) is 1. The molecule has 0 spiro atoms. The number of hydrogen-bond donors (Lipinski definition) is 4. The van der Waals surface area contributed by atoms with Crippen LogP contribution in [-0.2, 0) is 4.79 Å². The van der Waals surface area contributed by atoms with Crippen LogP contribution in [-0.4, -0.2) is 17.5 Å². The fourth-order valence-electron chi connectivity index (χ4n) is 1.75. The average molecular weight is 271 g/mol. The van der Waals surface area contributed by atoms with Crippen molar-refractivity contribution in [1.29, 1.82) is 0 Å². The standard InChI is InChI=1S/C13H29N5O/c1-2-3-5-8-12(14)11-18(16)10-7-4-6-9-13(19)17-15/h11H,2-10,14-16H2,1H3,(H,17,19)/b12-11-. The van der Waals surface area contributed by atoms with Crippen molar-refractivity contribution in [2.45, 2.75) is 58.3 Å². The maximum atomic E-state index is 10.9. The first kappa shape index (κ1) is 17.7. The van der Waals surface area contributed by atoms with E-state index < -0.39 is 0 Å². The van der Waals surface area contributed by atoms with Crippen molar-refractivity contribution in [2.24, 2.45) is 17.4 Å². The molecule has 1 amide bonds. The molecule has 7 N–H and O–H groups in total. The molecule has 0 heterocycles. The molecule has 0 aliphatic rings. The summed E-state index contributed by atoms with van der Waals surface area (Å²) in [5, 5.41) is 1.63. The van der Waals surface area contributed by atoms with Gasteiger partial charge < -0.3 is 10.7 Å². The van der Waals surface area contributed by atoms with Gasteiger partial charge in [0.05, 0.1) is 0 Å². The van der Waals surface area contributed by atoms with Gasteiger partial charge >= 0.3 is 0 Å². The molecule has 0 unspecified atom stereocenters. The molecule has 0 aliphatic heterocycles. The Bertz CT molecular complexity index is 268. The molecule has 0 fully saturated rings. The predicted octanol–water partition coefficient (Wildman–Crippen LogP) is 1.09. The number of carbonyl (C=O) groups excluding carboxylic acids is 1. The highest BCUT2D eigenvalue weighted by Gasteiger charge is 1.99. The van der Waals surface area contributed by atoms with Crippen molar-refractivity contribution in [3.63, 3.8) is 0 Å². The molecule has 0 rings (SSSR count). The molecule has 0 aromatic carbocycles. The molecule has 6 heteroatoms. The number of nitrogens with one attached hydrogen (secondary N) is 1. The van der Waals surface area contributed by atoms with Crippen LogP contribution in [0.25, 0.3) is 0 Å². The van der Waals surface area contributed by atoms with E-state index in [1.165, 1.54) is 12.8 Å². The first-order chi connectivity index (χ1) is 9.10. The largest absolute Gasteiger partial charge is 0.401 e. The van der Waals surface area contributed by atoms with Gasteiger partial charge in [-0.15, -0.1) is 0 Å². The molecule has 0 atom stereocenters. The summed E-state index contributed by atoms with van der Waals surface area (Å²) in [6.07, 6.45) is 9.39. The second-order valence-corrected chi connectivity index (χ2v) is 4.78. The van der Waals surface area contributed by atoms with Gasteiger partial charge in [-0.05, 0) is 25.7 Å². The molecular weight excluding hydrogens is 242 g/mol. The first-order valence-corrected chi connectivity index (χ1v) is 7.07. The fraction of sp³-hybridized carbons (Fsp3) is 0.769. The van der Waals surface area contributed by atoms with Crippen molar-refractivity contribution < 1.29 is 4.79 Å². The van der Waals surface area contributed by atoms with E-state index in [1.54, 1.807) is 5.01 Å². The van der Waals surface area contributed by atoms with Gasteiger partial charge in [0, 0.05) is 24.9 Å². The summed E-state index contributed by atoms with van der Waals surface area (Å²) < 4.78 is 0. The van der Waals surface area contributed by atoms with E-state index in [2.05, 4.69) is 12.3 Å². The Morgan fingerprint density at radius 2 is 1.84 bits per heavy atom. The van der Waals surface area contributed by atoms with Gasteiger partial charge in [-0.3, -0.25) is 10.2 Å². The lowest BCUT2D eigenvalue weighted by Gasteiger charge is -2.14. The Labute approximate surface area is 116 Å². The van der Waals surface area contributed by atoms with E-state index in [1.807, 2.05) is 6.20 Å². The number of carbonyl (C=O) groups is 1. The van der Waals surface area contributed by atoms with E-state index in [4.69, 9.17) is 17.4 Å². The van der Waals surface area contributed by atoms with Crippen LogP contribution >= 0.6 is 0 Å². The van der Waals surface area contributed by atoms with Crippen LogP contribution < -0.4 is 22.8 Å². The van der Waals surface area contributed by atoms with Gasteiger partial charge in [0.1, 0.15) is 0 Å². The lowest BCUT2D eigenvalue weighted by molar-refractivity contribution is -0.121. The molecule has 0 aromatic heterocycles. The molecule has 0 radical (unpaired) electrons. The van der Waals surface area contributed by atoms with Crippen LogP contribution in [0.5, 0.6) is 0 Å². The molecule has 0 bridgehead atoms. The van der Waals surface area contributed by atoms with Crippen molar-refractivity contribution in [1.82, 2.24) is 10.4 Å².